The van der Waals surface area contributed by atoms with E-state index in [2.05, 4.69) is 5.32 Å². The minimum atomic E-state index is -0.961. The van der Waals surface area contributed by atoms with Crippen LogP contribution < -0.4 is 5.32 Å². The topological polar surface area (TPSA) is 55.4 Å². The van der Waals surface area contributed by atoms with Crippen LogP contribution in [-0.2, 0) is 16.0 Å². The first-order valence-electron chi connectivity index (χ1n) is 7.31. The highest BCUT2D eigenvalue weighted by Crippen LogP contribution is 2.23. The van der Waals surface area contributed by atoms with Gasteiger partial charge in [0.15, 0.2) is 6.10 Å². The summed E-state index contributed by atoms with van der Waals surface area (Å²) in [5, 5.41) is 2.76. The standard InChI is InChI=1S/C18H16FNO3/c1-10-3-6-15(11(2)7-10)20-17(21)16-9-12-8-13(19)4-5-14(12)18(22)23-16/h3-8,16H,9H2,1-2H3,(H,20,21). The van der Waals surface area contributed by atoms with Gasteiger partial charge in [-0.3, -0.25) is 4.79 Å². The Balaban J connectivity index is 1.80. The van der Waals surface area contributed by atoms with Crippen molar-refractivity contribution < 1.29 is 18.7 Å². The Hall–Kier alpha value is -2.69. The van der Waals surface area contributed by atoms with Crippen molar-refractivity contribution in [1.82, 2.24) is 0 Å². The third-order valence-corrected chi connectivity index (χ3v) is 3.87. The molecule has 0 radical (unpaired) electrons. The number of fused-ring (bicyclic) bond motifs is 1. The van der Waals surface area contributed by atoms with Gasteiger partial charge < -0.3 is 10.1 Å². The molecular weight excluding hydrogens is 297 g/mol. The van der Waals surface area contributed by atoms with E-state index < -0.39 is 23.8 Å². The zero-order valence-corrected chi connectivity index (χ0v) is 12.9. The second-order valence-electron chi connectivity index (χ2n) is 5.71. The number of anilines is 1. The highest BCUT2D eigenvalue weighted by molar-refractivity contribution is 6.00. The van der Waals surface area contributed by atoms with Gasteiger partial charge in [0.2, 0.25) is 0 Å². The first-order chi connectivity index (χ1) is 10.9. The van der Waals surface area contributed by atoms with Crippen LogP contribution in [0.3, 0.4) is 0 Å². The van der Waals surface area contributed by atoms with E-state index >= 15 is 0 Å². The Labute approximate surface area is 133 Å². The number of aryl methyl sites for hydroxylation is 2. The Morgan fingerprint density at radius 3 is 2.74 bits per heavy atom. The van der Waals surface area contributed by atoms with Crippen molar-refractivity contribution in [3.63, 3.8) is 0 Å². The number of cyclic esters (lactones) is 1. The monoisotopic (exact) mass is 313 g/mol. The number of benzene rings is 2. The van der Waals surface area contributed by atoms with Crippen molar-refractivity contribution in [3.05, 3.63) is 64.5 Å². The number of hydrogen-bond donors (Lipinski definition) is 1. The normalized spacial score (nSPS) is 16.5. The SMILES string of the molecule is Cc1ccc(NC(=O)C2Cc3cc(F)ccc3C(=O)O2)c(C)c1. The van der Waals surface area contributed by atoms with Crippen LogP contribution in [0.15, 0.2) is 36.4 Å². The summed E-state index contributed by atoms with van der Waals surface area (Å²) >= 11 is 0. The number of hydrogen-bond acceptors (Lipinski definition) is 3. The maximum atomic E-state index is 13.3. The van der Waals surface area contributed by atoms with E-state index in [0.717, 1.165) is 11.1 Å². The molecule has 3 rings (SSSR count). The lowest BCUT2D eigenvalue weighted by Gasteiger charge is -2.24. The summed E-state index contributed by atoms with van der Waals surface area (Å²) in [6, 6.07) is 9.50. The summed E-state index contributed by atoms with van der Waals surface area (Å²) in [5.74, 6) is -1.46. The molecule has 118 valence electrons. The molecule has 0 saturated carbocycles. The summed E-state index contributed by atoms with van der Waals surface area (Å²) in [6.07, 6.45) is -0.798. The number of nitrogens with one attached hydrogen (secondary N) is 1. The molecule has 1 N–H and O–H groups in total. The molecule has 0 aromatic heterocycles. The summed E-state index contributed by atoms with van der Waals surface area (Å²) < 4.78 is 18.5. The first kappa shape index (κ1) is 15.2. The molecule has 23 heavy (non-hydrogen) atoms. The van der Waals surface area contributed by atoms with Crippen molar-refractivity contribution in [3.8, 4) is 0 Å². The molecule has 0 fully saturated rings. The summed E-state index contributed by atoms with van der Waals surface area (Å²) in [4.78, 5) is 24.3. The largest absolute Gasteiger partial charge is 0.448 e. The average Bonchev–Trinajstić information content (AvgIpc) is 2.49. The van der Waals surface area contributed by atoms with Crippen molar-refractivity contribution in [2.24, 2.45) is 0 Å². The number of halogens is 1. The molecule has 0 bridgehead atoms. The minimum Gasteiger partial charge on any atom is -0.448 e. The second kappa shape index (κ2) is 5.83. The third kappa shape index (κ3) is 3.08. The van der Waals surface area contributed by atoms with Gasteiger partial charge in [0, 0.05) is 12.1 Å². The second-order valence-corrected chi connectivity index (χ2v) is 5.71. The molecule has 0 aliphatic carbocycles. The van der Waals surface area contributed by atoms with E-state index in [4.69, 9.17) is 4.74 Å². The number of carbonyl (C=O) groups excluding carboxylic acids is 2. The molecule has 1 heterocycles. The Bertz CT molecular complexity index is 801. The predicted molar refractivity (Wildman–Crippen MR) is 83.9 cm³/mol. The Morgan fingerprint density at radius 1 is 1.22 bits per heavy atom. The van der Waals surface area contributed by atoms with Gasteiger partial charge in [0.1, 0.15) is 5.82 Å². The Kier molecular flexibility index (Phi) is 3.86. The number of amides is 1. The fraction of sp³-hybridized carbons (Fsp3) is 0.222. The van der Waals surface area contributed by atoms with Crippen LogP contribution in [0.25, 0.3) is 0 Å². The lowest BCUT2D eigenvalue weighted by atomic mass is 9.98. The van der Waals surface area contributed by atoms with Gasteiger partial charge in [0.05, 0.1) is 5.56 Å². The summed E-state index contributed by atoms with van der Waals surface area (Å²) in [6.45, 7) is 3.85. The number of esters is 1. The summed E-state index contributed by atoms with van der Waals surface area (Å²) in [5.41, 5.74) is 3.48. The fourth-order valence-corrected chi connectivity index (χ4v) is 2.68. The van der Waals surface area contributed by atoms with E-state index in [1.54, 1.807) is 6.07 Å². The maximum absolute atomic E-state index is 13.3. The fourth-order valence-electron chi connectivity index (χ4n) is 2.68. The van der Waals surface area contributed by atoms with Crippen molar-refractivity contribution in [2.75, 3.05) is 5.32 Å². The number of rotatable bonds is 2. The van der Waals surface area contributed by atoms with Gasteiger partial charge in [-0.05, 0) is 49.2 Å². The van der Waals surface area contributed by atoms with E-state index in [9.17, 15) is 14.0 Å². The van der Waals surface area contributed by atoms with E-state index in [1.807, 2.05) is 26.0 Å². The Morgan fingerprint density at radius 2 is 2.00 bits per heavy atom. The number of ether oxygens (including phenoxy) is 1. The van der Waals surface area contributed by atoms with Crippen LogP contribution in [0.4, 0.5) is 10.1 Å². The van der Waals surface area contributed by atoms with Gasteiger partial charge in [0.25, 0.3) is 5.91 Å². The van der Waals surface area contributed by atoms with Crippen molar-refractivity contribution in [1.29, 1.82) is 0 Å². The summed E-state index contributed by atoms with van der Waals surface area (Å²) in [7, 11) is 0. The van der Waals surface area contributed by atoms with Crippen LogP contribution >= 0.6 is 0 Å². The van der Waals surface area contributed by atoms with Crippen LogP contribution in [-0.4, -0.2) is 18.0 Å². The molecule has 1 aliphatic heterocycles. The molecule has 1 aliphatic rings. The number of carbonyl (C=O) groups is 2. The highest BCUT2D eigenvalue weighted by Gasteiger charge is 2.31. The molecule has 4 nitrogen and oxygen atoms in total. The molecule has 1 unspecified atom stereocenters. The molecule has 1 atom stereocenters. The minimum absolute atomic E-state index is 0.162. The zero-order chi connectivity index (χ0) is 16.6. The smallest absolute Gasteiger partial charge is 0.339 e. The third-order valence-electron chi connectivity index (χ3n) is 3.87. The predicted octanol–water partition coefficient (Wildman–Crippen LogP) is 3.16. The zero-order valence-electron chi connectivity index (χ0n) is 12.9. The van der Waals surface area contributed by atoms with Gasteiger partial charge in [-0.25, -0.2) is 9.18 Å². The van der Waals surface area contributed by atoms with E-state index in [0.29, 0.717) is 16.8 Å². The molecule has 2 aromatic rings. The molecule has 5 heteroatoms. The molecule has 0 spiro atoms. The van der Waals surface area contributed by atoms with Gasteiger partial charge in [-0.15, -0.1) is 0 Å². The first-order valence-corrected chi connectivity index (χ1v) is 7.31. The van der Waals surface area contributed by atoms with Crippen LogP contribution in [0, 0.1) is 19.7 Å². The van der Waals surface area contributed by atoms with E-state index in [-0.39, 0.29) is 6.42 Å². The highest BCUT2D eigenvalue weighted by atomic mass is 19.1. The molecule has 0 saturated heterocycles. The molecule has 1 amide bonds. The van der Waals surface area contributed by atoms with Crippen LogP contribution in [0.5, 0.6) is 0 Å². The van der Waals surface area contributed by atoms with Crippen LogP contribution in [0.1, 0.15) is 27.0 Å². The van der Waals surface area contributed by atoms with Crippen LogP contribution in [0.2, 0.25) is 0 Å². The van der Waals surface area contributed by atoms with Gasteiger partial charge >= 0.3 is 5.97 Å². The molecular formula is C18H16FNO3. The quantitative estimate of drug-likeness (QED) is 0.867. The van der Waals surface area contributed by atoms with Crippen molar-refractivity contribution >= 4 is 17.6 Å². The van der Waals surface area contributed by atoms with Gasteiger partial charge in [-0.1, -0.05) is 17.7 Å². The van der Waals surface area contributed by atoms with Gasteiger partial charge in [-0.2, -0.15) is 0 Å². The van der Waals surface area contributed by atoms with Crippen molar-refractivity contribution in [2.45, 2.75) is 26.4 Å². The lowest BCUT2D eigenvalue weighted by Crippen LogP contribution is -2.38. The van der Waals surface area contributed by atoms with E-state index in [1.165, 1.54) is 18.2 Å². The average molecular weight is 313 g/mol. The molecule has 2 aromatic carbocycles. The lowest BCUT2D eigenvalue weighted by molar-refractivity contribution is -0.125. The maximum Gasteiger partial charge on any atom is 0.339 e.